The van der Waals surface area contributed by atoms with Crippen molar-refractivity contribution in [2.75, 3.05) is 10.7 Å². The monoisotopic (exact) mass is 396 g/mol. The van der Waals surface area contributed by atoms with E-state index in [4.69, 9.17) is 9.15 Å². The van der Waals surface area contributed by atoms with E-state index in [0.717, 1.165) is 35.0 Å². The average Bonchev–Trinajstić information content (AvgIpc) is 3.25. The van der Waals surface area contributed by atoms with Crippen molar-refractivity contribution in [3.8, 4) is 0 Å². The fourth-order valence-electron chi connectivity index (χ4n) is 3.41. The van der Waals surface area contributed by atoms with Crippen molar-refractivity contribution < 1.29 is 18.7 Å². The number of aromatic nitrogens is 1. The summed E-state index contributed by atoms with van der Waals surface area (Å²) in [4.78, 5) is 31.1. The molecule has 4 rings (SSSR count). The van der Waals surface area contributed by atoms with Crippen molar-refractivity contribution in [2.24, 2.45) is 0 Å². The summed E-state index contributed by atoms with van der Waals surface area (Å²) >= 11 is 1.15. The Kier molecular flexibility index (Phi) is 5.09. The van der Waals surface area contributed by atoms with Gasteiger partial charge in [0.1, 0.15) is 11.3 Å². The van der Waals surface area contributed by atoms with Crippen LogP contribution in [0.15, 0.2) is 58.2 Å². The van der Waals surface area contributed by atoms with Gasteiger partial charge < -0.3 is 14.1 Å². The molecular weight excluding hydrogens is 376 g/mol. The van der Waals surface area contributed by atoms with E-state index in [9.17, 15) is 9.59 Å². The molecule has 0 aliphatic carbocycles. The summed E-state index contributed by atoms with van der Waals surface area (Å²) in [5, 5.41) is 0.402. The molecule has 1 aliphatic heterocycles. The molecule has 144 valence electrons. The van der Waals surface area contributed by atoms with Gasteiger partial charge in [0.2, 0.25) is 0 Å². The number of carbonyl (C=O) groups excluding carboxylic acids is 2. The number of hydrogen-bond acceptors (Lipinski definition) is 6. The third-order valence-corrected chi connectivity index (χ3v) is 5.49. The summed E-state index contributed by atoms with van der Waals surface area (Å²) in [5.74, 6) is -0.665. The third kappa shape index (κ3) is 3.62. The zero-order valence-electron chi connectivity index (χ0n) is 15.6. The van der Waals surface area contributed by atoms with Crippen LogP contribution in [-0.4, -0.2) is 34.8 Å². The van der Waals surface area contributed by atoms with Crippen LogP contribution in [0.3, 0.4) is 0 Å². The Balaban J connectivity index is 1.36. The van der Waals surface area contributed by atoms with E-state index in [2.05, 4.69) is 4.98 Å². The lowest BCUT2D eigenvalue weighted by molar-refractivity contribution is -0.151. The predicted octanol–water partition coefficient (Wildman–Crippen LogP) is 3.83. The van der Waals surface area contributed by atoms with Gasteiger partial charge in [-0.1, -0.05) is 42.1 Å². The highest BCUT2D eigenvalue weighted by Gasteiger charge is 2.34. The van der Waals surface area contributed by atoms with E-state index < -0.39 is 12.1 Å². The van der Waals surface area contributed by atoms with Crippen molar-refractivity contribution in [3.05, 3.63) is 54.1 Å². The van der Waals surface area contributed by atoms with E-state index >= 15 is 0 Å². The van der Waals surface area contributed by atoms with E-state index in [0.29, 0.717) is 10.8 Å². The van der Waals surface area contributed by atoms with Crippen molar-refractivity contribution in [3.63, 3.8) is 0 Å². The second-order valence-electron chi connectivity index (χ2n) is 6.76. The van der Waals surface area contributed by atoms with Crippen molar-refractivity contribution in [1.82, 2.24) is 4.98 Å². The summed E-state index contributed by atoms with van der Waals surface area (Å²) in [6.07, 6.45) is -0.0544. The summed E-state index contributed by atoms with van der Waals surface area (Å²) in [7, 11) is 0. The molecule has 0 spiro atoms. The number of oxazole rings is 1. The van der Waals surface area contributed by atoms with Gasteiger partial charge in [-0.3, -0.25) is 9.59 Å². The molecule has 1 aliphatic rings. The normalized spacial score (nSPS) is 16.8. The van der Waals surface area contributed by atoms with E-state index in [1.165, 1.54) is 0 Å². The van der Waals surface area contributed by atoms with E-state index in [1.807, 2.05) is 55.5 Å². The second kappa shape index (κ2) is 7.67. The van der Waals surface area contributed by atoms with Crippen LogP contribution in [0.1, 0.15) is 19.4 Å². The lowest BCUT2D eigenvalue weighted by Gasteiger charge is -2.25. The maximum absolute atomic E-state index is 12.9. The molecule has 0 saturated heterocycles. The van der Waals surface area contributed by atoms with Gasteiger partial charge in [-0.05, 0) is 44.0 Å². The van der Waals surface area contributed by atoms with E-state index in [1.54, 1.807) is 11.8 Å². The molecule has 0 unspecified atom stereocenters. The zero-order valence-corrected chi connectivity index (χ0v) is 16.4. The fraction of sp³-hybridized carbons (Fsp3) is 0.286. The van der Waals surface area contributed by atoms with Gasteiger partial charge in [-0.15, -0.1) is 0 Å². The van der Waals surface area contributed by atoms with Gasteiger partial charge in [-0.2, -0.15) is 0 Å². The highest BCUT2D eigenvalue weighted by Crippen LogP contribution is 2.32. The van der Waals surface area contributed by atoms with Gasteiger partial charge in [-0.25, -0.2) is 4.98 Å². The highest BCUT2D eigenvalue weighted by molar-refractivity contribution is 7.99. The SMILES string of the molecule is C[C@H](OC(=O)CSc1nc2ccccc2o1)C(=O)N1c2ccccc2C[C@@H]1C. The standard InChI is InChI=1S/C21H20N2O4S/c1-13-11-15-7-3-5-9-17(15)23(13)20(25)14(2)26-19(24)12-28-21-22-16-8-4-6-10-18(16)27-21/h3-10,13-14H,11-12H2,1-2H3/t13-,14-/m0/s1. The number of nitrogens with zero attached hydrogens (tertiary/aromatic N) is 2. The number of ether oxygens (including phenoxy) is 1. The summed E-state index contributed by atoms with van der Waals surface area (Å²) in [6, 6.07) is 15.3. The van der Waals surface area contributed by atoms with Crippen molar-refractivity contribution >= 4 is 40.4 Å². The molecule has 0 bridgehead atoms. The Morgan fingerprint density at radius 2 is 2.00 bits per heavy atom. The third-order valence-electron chi connectivity index (χ3n) is 4.69. The van der Waals surface area contributed by atoms with E-state index in [-0.39, 0.29) is 17.7 Å². The highest BCUT2D eigenvalue weighted by atomic mass is 32.2. The minimum Gasteiger partial charge on any atom is -0.452 e. The van der Waals surface area contributed by atoms with Crippen LogP contribution in [0.25, 0.3) is 11.1 Å². The first kappa shape index (κ1) is 18.6. The molecule has 1 aromatic heterocycles. The molecule has 28 heavy (non-hydrogen) atoms. The molecular formula is C21H20N2O4S. The lowest BCUT2D eigenvalue weighted by atomic mass is 10.1. The molecule has 6 nitrogen and oxygen atoms in total. The number of rotatable bonds is 5. The maximum Gasteiger partial charge on any atom is 0.317 e. The number of benzene rings is 2. The first-order valence-electron chi connectivity index (χ1n) is 9.12. The Morgan fingerprint density at radius 3 is 2.82 bits per heavy atom. The van der Waals surface area contributed by atoms with Gasteiger partial charge in [0.15, 0.2) is 11.7 Å². The molecule has 2 atom stereocenters. The van der Waals surface area contributed by atoms with Crippen LogP contribution in [0, 0.1) is 0 Å². The summed E-state index contributed by atoms with van der Waals surface area (Å²) in [6.45, 7) is 3.60. The Bertz CT molecular complexity index is 999. The summed E-state index contributed by atoms with van der Waals surface area (Å²) < 4.78 is 10.9. The molecule has 3 aromatic rings. The maximum atomic E-state index is 12.9. The number of amides is 1. The molecule has 1 amide bonds. The number of thioether (sulfide) groups is 1. The largest absolute Gasteiger partial charge is 0.452 e. The number of para-hydroxylation sites is 3. The molecule has 0 fully saturated rings. The second-order valence-corrected chi connectivity index (χ2v) is 7.68. The van der Waals surface area contributed by atoms with Crippen LogP contribution in [0.5, 0.6) is 0 Å². The first-order chi connectivity index (χ1) is 13.5. The number of esters is 1. The molecule has 7 heteroatoms. The number of carbonyl (C=O) groups is 2. The van der Waals surface area contributed by atoms with Gasteiger partial charge in [0.05, 0.1) is 0 Å². The Labute approximate surface area is 166 Å². The average molecular weight is 396 g/mol. The molecule has 0 radical (unpaired) electrons. The molecule has 0 saturated carbocycles. The van der Waals surface area contributed by atoms with Crippen LogP contribution < -0.4 is 4.90 Å². The smallest absolute Gasteiger partial charge is 0.317 e. The fourth-order valence-corrected chi connectivity index (χ4v) is 4.03. The Morgan fingerprint density at radius 1 is 1.25 bits per heavy atom. The minimum absolute atomic E-state index is 0.0244. The van der Waals surface area contributed by atoms with Crippen molar-refractivity contribution in [1.29, 1.82) is 0 Å². The molecule has 2 aromatic carbocycles. The van der Waals surface area contributed by atoms with Crippen molar-refractivity contribution in [2.45, 2.75) is 37.6 Å². The summed E-state index contributed by atoms with van der Waals surface area (Å²) in [5.41, 5.74) is 3.43. The lowest BCUT2D eigenvalue weighted by Crippen LogP contribution is -2.43. The van der Waals surface area contributed by atoms with Gasteiger partial charge >= 0.3 is 5.97 Å². The van der Waals surface area contributed by atoms with Gasteiger partial charge in [0, 0.05) is 11.7 Å². The van der Waals surface area contributed by atoms with Crippen LogP contribution in [0.4, 0.5) is 5.69 Å². The molecule has 0 N–H and O–H groups in total. The molecule has 2 heterocycles. The quantitative estimate of drug-likeness (QED) is 0.482. The number of hydrogen-bond donors (Lipinski definition) is 0. The van der Waals surface area contributed by atoms with Crippen LogP contribution in [0.2, 0.25) is 0 Å². The van der Waals surface area contributed by atoms with Crippen LogP contribution >= 0.6 is 11.8 Å². The topological polar surface area (TPSA) is 72.6 Å². The Hall–Kier alpha value is -2.80. The van der Waals surface area contributed by atoms with Gasteiger partial charge in [0.25, 0.3) is 11.1 Å². The number of fused-ring (bicyclic) bond motifs is 2. The number of anilines is 1. The predicted molar refractivity (Wildman–Crippen MR) is 107 cm³/mol. The minimum atomic E-state index is -0.856. The zero-order chi connectivity index (χ0) is 19.7. The first-order valence-corrected chi connectivity index (χ1v) is 10.1. The van der Waals surface area contributed by atoms with Crippen LogP contribution in [-0.2, 0) is 20.7 Å².